The summed E-state index contributed by atoms with van der Waals surface area (Å²) >= 11 is 0. The van der Waals surface area contributed by atoms with E-state index in [1.165, 1.54) is 25.9 Å². The second-order valence-corrected chi connectivity index (χ2v) is 7.77. The third-order valence-electron chi connectivity index (χ3n) is 4.67. The van der Waals surface area contributed by atoms with Crippen molar-refractivity contribution < 1.29 is 9.90 Å². The average Bonchev–Trinajstić information content (AvgIpc) is 2.28. The number of likely N-dealkylation sites (tertiary alicyclic amines) is 1. The molecule has 0 atom stereocenters. The van der Waals surface area contributed by atoms with Gasteiger partial charge in [-0.3, -0.25) is 4.79 Å². The molecule has 0 aromatic carbocycles. The van der Waals surface area contributed by atoms with Crippen LogP contribution in [0, 0.1) is 16.7 Å². The molecule has 19 heavy (non-hydrogen) atoms. The number of rotatable bonds is 5. The Morgan fingerprint density at radius 3 is 2.11 bits per heavy atom. The molecule has 3 heteroatoms. The molecule has 3 nitrogen and oxygen atoms in total. The van der Waals surface area contributed by atoms with Gasteiger partial charge in [-0.25, -0.2) is 0 Å². The summed E-state index contributed by atoms with van der Waals surface area (Å²) in [6.45, 7) is 14.1. The fourth-order valence-corrected chi connectivity index (χ4v) is 2.87. The fourth-order valence-electron chi connectivity index (χ4n) is 2.87. The third-order valence-corrected chi connectivity index (χ3v) is 4.67. The molecule has 1 aliphatic rings. The third kappa shape index (κ3) is 5.13. The van der Waals surface area contributed by atoms with E-state index in [-0.39, 0.29) is 0 Å². The van der Waals surface area contributed by atoms with Gasteiger partial charge in [0.15, 0.2) is 0 Å². The lowest BCUT2D eigenvalue weighted by Gasteiger charge is -2.39. The Hall–Kier alpha value is -0.570. The van der Waals surface area contributed by atoms with Crippen molar-refractivity contribution >= 4 is 5.97 Å². The van der Waals surface area contributed by atoms with Gasteiger partial charge in [0.1, 0.15) is 0 Å². The van der Waals surface area contributed by atoms with Crippen LogP contribution in [-0.2, 0) is 4.79 Å². The molecule has 0 unspecified atom stereocenters. The first kappa shape index (κ1) is 16.5. The number of piperidine rings is 1. The maximum absolute atomic E-state index is 11.0. The van der Waals surface area contributed by atoms with Crippen LogP contribution >= 0.6 is 0 Å². The van der Waals surface area contributed by atoms with Gasteiger partial charge < -0.3 is 10.0 Å². The molecule has 0 aliphatic carbocycles. The Labute approximate surface area is 118 Å². The van der Waals surface area contributed by atoms with Crippen LogP contribution in [0.4, 0.5) is 0 Å². The summed E-state index contributed by atoms with van der Waals surface area (Å²) in [7, 11) is 0. The van der Waals surface area contributed by atoms with Crippen LogP contribution < -0.4 is 0 Å². The van der Waals surface area contributed by atoms with Crippen molar-refractivity contribution in [2.75, 3.05) is 19.6 Å². The predicted molar refractivity (Wildman–Crippen MR) is 79.3 cm³/mol. The largest absolute Gasteiger partial charge is 0.481 e. The quantitative estimate of drug-likeness (QED) is 0.828. The first-order valence-electron chi connectivity index (χ1n) is 7.59. The maximum Gasteiger partial charge on any atom is 0.309 e. The number of carbonyl (C=O) groups is 1. The van der Waals surface area contributed by atoms with Crippen molar-refractivity contribution in [3.05, 3.63) is 0 Å². The minimum atomic E-state index is -0.682. The highest BCUT2D eigenvalue weighted by Gasteiger charge is 2.29. The SMILES string of the molecule is CC(C)(CCCN1CCC(C(C)(C)C)CC1)C(=O)O. The zero-order valence-corrected chi connectivity index (χ0v) is 13.3. The minimum absolute atomic E-state index is 0.428. The molecule has 0 radical (unpaired) electrons. The lowest BCUT2D eigenvalue weighted by molar-refractivity contribution is -0.147. The van der Waals surface area contributed by atoms with Crippen LogP contribution in [0.25, 0.3) is 0 Å². The van der Waals surface area contributed by atoms with Gasteiger partial charge in [0.05, 0.1) is 5.41 Å². The Morgan fingerprint density at radius 1 is 1.16 bits per heavy atom. The Bertz CT molecular complexity index is 296. The number of hydrogen-bond donors (Lipinski definition) is 1. The van der Waals surface area contributed by atoms with E-state index in [1.807, 2.05) is 13.8 Å². The highest BCUT2D eigenvalue weighted by Crippen LogP contribution is 2.34. The highest BCUT2D eigenvalue weighted by atomic mass is 16.4. The van der Waals surface area contributed by atoms with E-state index in [1.54, 1.807) is 0 Å². The van der Waals surface area contributed by atoms with E-state index < -0.39 is 11.4 Å². The zero-order chi connectivity index (χ0) is 14.7. The number of nitrogens with zero attached hydrogens (tertiary/aromatic N) is 1. The lowest BCUT2D eigenvalue weighted by Crippen LogP contribution is -2.38. The van der Waals surface area contributed by atoms with Crippen molar-refractivity contribution in [3.63, 3.8) is 0 Å². The van der Waals surface area contributed by atoms with Gasteiger partial charge in [0.25, 0.3) is 0 Å². The molecule has 1 rings (SSSR count). The van der Waals surface area contributed by atoms with Crippen LogP contribution in [0.1, 0.15) is 60.3 Å². The molecule has 1 N–H and O–H groups in total. The van der Waals surface area contributed by atoms with E-state index in [4.69, 9.17) is 5.11 Å². The van der Waals surface area contributed by atoms with Gasteiger partial charge in [-0.15, -0.1) is 0 Å². The molecule has 0 bridgehead atoms. The Morgan fingerprint density at radius 2 is 1.68 bits per heavy atom. The Balaban J connectivity index is 2.26. The summed E-state index contributed by atoms with van der Waals surface area (Å²) in [5.41, 5.74) is -0.152. The molecule has 1 fully saturated rings. The summed E-state index contributed by atoms with van der Waals surface area (Å²) in [6, 6.07) is 0. The second-order valence-electron chi connectivity index (χ2n) is 7.77. The molecule has 0 saturated carbocycles. The molecule has 112 valence electrons. The molecule has 0 aromatic rings. The van der Waals surface area contributed by atoms with Crippen LogP contribution in [0.5, 0.6) is 0 Å². The van der Waals surface area contributed by atoms with Crippen LogP contribution in [0.3, 0.4) is 0 Å². The topological polar surface area (TPSA) is 40.5 Å². The van der Waals surface area contributed by atoms with E-state index in [0.717, 1.165) is 25.3 Å². The molecule has 1 aliphatic heterocycles. The van der Waals surface area contributed by atoms with E-state index >= 15 is 0 Å². The summed E-state index contributed by atoms with van der Waals surface area (Å²) < 4.78 is 0. The Kier molecular flexibility index (Phi) is 5.43. The van der Waals surface area contributed by atoms with E-state index in [0.29, 0.717) is 5.41 Å². The van der Waals surface area contributed by atoms with Crippen molar-refractivity contribution in [3.8, 4) is 0 Å². The number of aliphatic carboxylic acids is 1. The van der Waals surface area contributed by atoms with Crippen LogP contribution in [0.15, 0.2) is 0 Å². The average molecular weight is 269 g/mol. The first-order chi connectivity index (χ1) is 8.63. The second kappa shape index (κ2) is 6.25. The number of hydrogen-bond acceptors (Lipinski definition) is 2. The lowest BCUT2D eigenvalue weighted by atomic mass is 9.75. The van der Waals surface area contributed by atoms with Crippen LogP contribution in [-0.4, -0.2) is 35.6 Å². The minimum Gasteiger partial charge on any atom is -0.481 e. The molecule has 0 aromatic heterocycles. The van der Waals surface area contributed by atoms with Crippen LogP contribution in [0.2, 0.25) is 0 Å². The zero-order valence-electron chi connectivity index (χ0n) is 13.3. The van der Waals surface area contributed by atoms with Gasteiger partial charge in [-0.2, -0.15) is 0 Å². The normalized spacial score (nSPS) is 19.6. The molecule has 1 saturated heterocycles. The molecular weight excluding hydrogens is 238 g/mol. The van der Waals surface area contributed by atoms with Gasteiger partial charge in [-0.05, 0) is 70.5 Å². The van der Waals surface area contributed by atoms with Gasteiger partial charge >= 0.3 is 5.97 Å². The van der Waals surface area contributed by atoms with Crippen molar-refractivity contribution in [1.82, 2.24) is 4.90 Å². The van der Waals surface area contributed by atoms with Crippen molar-refractivity contribution in [2.45, 2.75) is 60.3 Å². The number of carboxylic acid groups (broad SMARTS) is 1. The summed E-state index contributed by atoms with van der Waals surface area (Å²) in [4.78, 5) is 13.5. The van der Waals surface area contributed by atoms with E-state index in [9.17, 15) is 4.79 Å². The predicted octanol–water partition coefficient (Wildman–Crippen LogP) is 3.64. The summed E-state index contributed by atoms with van der Waals surface area (Å²) in [5, 5.41) is 9.09. The van der Waals surface area contributed by atoms with Gasteiger partial charge in [0.2, 0.25) is 0 Å². The summed E-state index contributed by atoms with van der Waals surface area (Å²) in [5.74, 6) is 0.151. The van der Waals surface area contributed by atoms with Crippen molar-refractivity contribution in [1.29, 1.82) is 0 Å². The monoisotopic (exact) mass is 269 g/mol. The molecule has 0 spiro atoms. The highest BCUT2D eigenvalue weighted by molar-refractivity contribution is 5.73. The van der Waals surface area contributed by atoms with Gasteiger partial charge in [-0.1, -0.05) is 20.8 Å². The maximum atomic E-state index is 11.0. The van der Waals surface area contributed by atoms with Gasteiger partial charge in [0, 0.05) is 0 Å². The number of carboxylic acids is 1. The standard InChI is InChI=1S/C16H31NO2/c1-15(2,3)13-7-11-17(12-8-13)10-6-9-16(4,5)14(18)19/h13H,6-12H2,1-5H3,(H,18,19). The smallest absolute Gasteiger partial charge is 0.309 e. The first-order valence-corrected chi connectivity index (χ1v) is 7.59. The van der Waals surface area contributed by atoms with E-state index in [2.05, 4.69) is 25.7 Å². The molecular formula is C16H31NO2. The molecule has 0 amide bonds. The fraction of sp³-hybridized carbons (Fsp3) is 0.938. The summed E-state index contributed by atoms with van der Waals surface area (Å²) in [6.07, 6.45) is 4.32. The molecule has 1 heterocycles. The van der Waals surface area contributed by atoms with Crippen molar-refractivity contribution in [2.24, 2.45) is 16.7 Å².